The van der Waals surface area contributed by atoms with Crippen LogP contribution in [0.3, 0.4) is 0 Å². The molecule has 0 unspecified atom stereocenters. The third-order valence-electron chi connectivity index (χ3n) is 1.45. The van der Waals surface area contributed by atoms with Crippen molar-refractivity contribution in [2.75, 3.05) is 0 Å². The minimum Gasteiger partial charge on any atom is -0.358 e. The number of nitrogens with zero attached hydrogens (tertiary/aromatic N) is 4. The molecule has 1 aromatic heterocycles. The first-order valence-electron chi connectivity index (χ1n) is 3.17. The normalized spacial score (nSPS) is 11.7. The number of hydrogen-bond donors (Lipinski definition) is 1. The Hall–Kier alpha value is -1.44. The Balaban J connectivity index is 3.21. The lowest BCUT2D eigenvalue weighted by Gasteiger charge is -1.95. The Morgan fingerprint density at radius 2 is 2.54 bits per heavy atom. The van der Waals surface area contributed by atoms with Crippen LogP contribution in [0.1, 0.15) is 5.82 Å². The fraction of sp³-hybridized carbons (Fsp3) is 0.200. The van der Waals surface area contributed by atoms with Gasteiger partial charge < -0.3 is 16.0 Å². The molecular weight excluding hydrogens is 242 g/mol. The predicted octanol–water partition coefficient (Wildman–Crippen LogP) is 0.343. The number of halogens is 1. The molecule has 0 saturated heterocycles. The molecule has 0 bridgehead atoms. The molecule has 7 nitrogen and oxygen atoms in total. The average Bonchev–Trinajstić information content (AvgIpc) is 2.46. The summed E-state index contributed by atoms with van der Waals surface area (Å²) in [5, 5.41) is 13.7. The maximum atomic E-state index is 10.4. The topological polar surface area (TPSA) is 99.3 Å². The number of imidazole rings is 1. The number of aromatic nitrogens is 2. The lowest BCUT2D eigenvalue weighted by molar-refractivity contribution is -0.391. The van der Waals surface area contributed by atoms with Crippen LogP contribution in [0.25, 0.3) is 0 Å². The highest BCUT2D eigenvalue weighted by molar-refractivity contribution is 9.18. The fourth-order valence-electron chi connectivity index (χ4n) is 0.820. The van der Waals surface area contributed by atoms with Crippen molar-refractivity contribution in [1.82, 2.24) is 9.55 Å². The van der Waals surface area contributed by atoms with E-state index in [-0.39, 0.29) is 10.4 Å². The molecule has 0 saturated carbocycles. The maximum absolute atomic E-state index is 10.4. The van der Waals surface area contributed by atoms with Gasteiger partial charge in [0.15, 0.2) is 4.62 Å². The van der Waals surface area contributed by atoms with Crippen molar-refractivity contribution >= 4 is 26.4 Å². The number of nitro groups is 1. The van der Waals surface area contributed by atoms with Gasteiger partial charge in [-0.1, -0.05) is 0 Å². The van der Waals surface area contributed by atoms with Crippen LogP contribution in [0.15, 0.2) is 11.3 Å². The van der Waals surface area contributed by atoms with Gasteiger partial charge in [0.2, 0.25) is 0 Å². The zero-order valence-electron chi connectivity index (χ0n) is 6.64. The van der Waals surface area contributed by atoms with Crippen LogP contribution >= 0.6 is 15.9 Å². The van der Waals surface area contributed by atoms with E-state index < -0.39 is 4.92 Å². The van der Waals surface area contributed by atoms with Crippen molar-refractivity contribution in [2.24, 2.45) is 18.0 Å². The largest absolute Gasteiger partial charge is 0.358 e. The molecule has 0 aliphatic carbocycles. The summed E-state index contributed by atoms with van der Waals surface area (Å²) in [7, 11) is 1.51. The van der Waals surface area contributed by atoms with E-state index in [1.54, 1.807) is 0 Å². The number of hydrogen-bond acceptors (Lipinski definition) is 5. The molecule has 0 spiro atoms. The van der Waals surface area contributed by atoms with Crippen molar-refractivity contribution in [1.29, 1.82) is 0 Å². The summed E-state index contributed by atoms with van der Waals surface area (Å²) in [6.07, 6.45) is 1.14. The first-order chi connectivity index (χ1) is 6.07. The van der Waals surface area contributed by atoms with Crippen LogP contribution in [0.5, 0.6) is 0 Å². The van der Waals surface area contributed by atoms with E-state index >= 15 is 0 Å². The quantitative estimate of drug-likeness (QED) is 0.353. The zero-order chi connectivity index (χ0) is 10.0. The maximum Gasteiger partial charge on any atom is 0.342 e. The molecule has 0 aliphatic rings. The van der Waals surface area contributed by atoms with Crippen molar-refractivity contribution in [3.05, 3.63) is 22.1 Å². The van der Waals surface area contributed by atoms with Crippen LogP contribution in [0.4, 0.5) is 5.82 Å². The van der Waals surface area contributed by atoms with Gasteiger partial charge in [-0.15, -0.1) is 0 Å². The molecule has 0 fully saturated rings. The van der Waals surface area contributed by atoms with E-state index in [0.29, 0.717) is 5.82 Å². The number of hydrazone groups is 1. The van der Waals surface area contributed by atoms with Gasteiger partial charge in [-0.3, -0.25) is 0 Å². The minimum atomic E-state index is -0.534. The lowest BCUT2D eigenvalue weighted by atomic mass is 10.6. The van der Waals surface area contributed by atoms with Gasteiger partial charge in [0.05, 0.1) is 7.05 Å². The molecule has 0 atom stereocenters. The highest BCUT2D eigenvalue weighted by Crippen LogP contribution is 2.13. The smallest absolute Gasteiger partial charge is 0.342 e. The van der Waals surface area contributed by atoms with Crippen LogP contribution in [0, 0.1) is 10.1 Å². The Bertz CT molecular complexity index is 371. The van der Waals surface area contributed by atoms with E-state index in [2.05, 4.69) is 26.0 Å². The van der Waals surface area contributed by atoms with E-state index in [0.717, 1.165) is 6.20 Å². The minimum absolute atomic E-state index is 0.115. The molecule has 0 aromatic carbocycles. The molecule has 2 N–H and O–H groups in total. The van der Waals surface area contributed by atoms with Crippen molar-refractivity contribution in [3.63, 3.8) is 0 Å². The van der Waals surface area contributed by atoms with Gasteiger partial charge >= 0.3 is 5.82 Å². The summed E-state index contributed by atoms with van der Waals surface area (Å²) >= 11 is 3.02. The SMILES string of the molecule is Cn1c([N+](=O)[O-])cnc1C(Br)=NN. The van der Waals surface area contributed by atoms with Crippen molar-refractivity contribution in [3.8, 4) is 0 Å². The molecule has 0 aliphatic heterocycles. The molecule has 1 rings (SSSR count). The summed E-state index contributed by atoms with van der Waals surface area (Å²) in [5.74, 6) is 5.18. The van der Waals surface area contributed by atoms with Crippen LogP contribution in [0.2, 0.25) is 0 Å². The van der Waals surface area contributed by atoms with Gasteiger partial charge in [0.1, 0.15) is 6.20 Å². The van der Waals surface area contributed by atoms with Crippen molar-refractivity contribution < 1.29 is 4.92 Å². The Kier molecular flexibility index (Phi) is 2.61. The fourth-order valence-corrected chi connectivity index (χ4v) is 1.19. The molecule has 0 amide bonds. The predicted molar refractivity (Wildman–Crippen MR) is 49.5 cm³/mol. The molecule has 70 valence electrons. The van der Waals surface area contributed by atoms with Crippen LogP contribution < -0.4 is 5.84 Å². The van der Waals surface area contributed by atoms with E-state index in [1.807, 2.05) is 0 Å². The zero-order valence-corrected chi connectivity index (χ0v) is 8.22. The second-order valence-corrected chi connectivity index (χ2v) is 2.93. The lowest BCUT2D eigenvalue weighted by Crippen LogP contribution is -2.06. The monoisotopic (exact) mass is 247 g/mol. The molecule has 0 radical (unpaired) electrons. The van der Waals surface area contributed by atoms with Gasteiger partial charge in [-0.05, 0) is 20.9 Å². The second kappa shape index (κ2) is 3.52. The van der Waals surface area contributed by atoms with E-state index in [1.165, 1.54) is 11.6 Å². The van der Waals surface area contributed by atoms with Crippen LogP contribution in [-0.2, 0) is 7.05 Å². The van der Waals surface area contributed by atoms with E-state index in [9.17, 15) is 10.1 Å². The van der Waals surface area contributed by atoms with Gasteiger partial charge in [0, 0.05) is 0 Å². The highest BCUT2D eigenvalue weighted by atomic mass is 79.9. The third kappa shape index (κ3) is 1.66. The Morgan fingerprint density at radius 1 is 1.92 bits per heavy atom. The highest BCUT2D eigenvalue weighted by Gasteiger charge is 2.19. The summed E-state index contributed by atoms with van der Waals surface area (Å²) in [5.41, 5.74) is 0. The van der Waals surface area contributed by atoms with Gasteiger partial charge in [0.25, 0.3) is 5.82 Å². The van der Waals surface area contributed by atoms with Crippen LogP contribution in [-0.4, -0.2) is 19.1 Å². The molecule has 1 heterocycles. The molecular formula is C5H6BrN5O2. The van der Waals surface area contributed by atoms with Crippen molar-refractivity contribution in [2.45, 2.75) is 0 Å². The number of rotatable bonds is 2. The standard InChI is InChI=1S/C5H6BrN5O2/c1-10-3(11(12)13)2-8-5(10)4(6)9-7/h2H,7H2,1H3. The summed E-state index contributed by atoms with van der Waals surface area (Å²) < 4.78 is 1.54. The Morgan fingerprint density at radius 3 is 2.92 bits per heavy atom. The molecule has 8 heteroatoms. The van der Waals surface area contributed by atoms with E-state index in [4.69, 9.17) is 5.84 Å². The third-order valence-corrected chi connectivity index (χ3v) is 2.01. The summed E-state index contributed by atoms with van der Waals surface area (Å²) in [4.78, 5) is 13.6. The first kappa shape index (κ1) is 9.65. The molecule has 1 aromatic rings. The van der Waals surface area contributed by atoms with Gasteiger partial charge in [-0.25, -0.2) is 9.55 Å². The number of nitrogens with two attached hydrogens (primary N) is 1. The Labute approximate surface area is 81.5 Å². The molecule has 13 heavy (non-hydrogen) atoms. The summed E-state index contributed by atoms with van der Waals surface area (Å²) in [6.45, 7) is 0. The second-order valence-electron chi connectivity index (χ2n) is 2.18. The first-order valence-corrected chi connectivity index (χ1v) is 3.97. The summed E-state index contributed by atoms with van der Waals surface area (Å²) in [6, 6.07) is 0. The average molecular weight is 248 g/mol. The van der Waals surface area contributed by atoms with Gasteiger partial charge in [-0.2, -0.15) is 5.10 Å².